The number of halogens is 1. The Morgan fingerprint density at radius 3 is 2.94 bits per heavy atom. The van der Waals surface area contributed by atoms with Gasteiger partial charge in [0, 0.05) is 19.5 Å². The molecule has 0 spiro atoms. The average Bonchev–Trinajstić information content (AvgIpc) is 2.46. The van der Waals surface area contributed by atoms with E-state index in [4.69, 9.17) is 5.73 Å². The van der Waals surface area contributed by atoms with E-state index >= 15 is 0 Å². The first kappa shape index (κ1) is 12.8. The van der Waals surface area contributed by atoms with Crippen molar-refractivity contribution < 1.29 is 0 Å². The van der Waals surface area contributed by atoms with Gasteiger partial charge in [-0.25, -0.2) is 0 Å². The molecule has 0 amide bonds. The van der Waals surface area contributed by atoms with E-state index in [0.717, 1.165) is 23.0 Å². The molecular formula is C13H20BrN3. The minimum Gasteiger partial charge on any atom is -0.324 e. The molecule has 17 heavy (non-hydrogen) atoms. The molecule has 1 aliphatic carbocycles. The summed E-state index contributed by atoms with van der Waals surface area (Å²) in [5, 5.41) is 4.43. The third kappa shape index (κ3) is 2.99. The van der Waals surface area contributed by atoms with Crippen molar-refractivity contribution in [2.24, 2.45) is 12.8 Å². The smallest absolute Gasteiger partial charge is 0.0738 e. The standard InChI is InChI=1S/C13H20BrN3/c1-9-13(14)12(17(2)16-9)8-10-5-3-4-6-11(15)7-10/h7,11H,3-6,8,15H2,1-2H3. The van der Waals surface area contributed by atoms with Crippen molar-refractivity contribution in [2.75, 3.05) is 0 Å². The van der Waals surface area contributed by atoms with E-state index in [1.165, 1.54) is 30.5 Å². The Morgan fingerprint density at radius 2 is 2.29 bits per heavy atom. The van der Waals surface area contributed by atoms with Gasteiger partial charge in [-0.2, -0.15) is 5.10 Å². The first-order chi connectivity index (χ1) is 8.08. The number of allylic oxidation sites excluding steroid dienone is 1. The van der Waals surface area contributed by atoms with E-state index in [2.05, 4.69) is 27.1 Å². The number of rotatable bonds is 2. The molecule has 3 nitrogen and oxygen atoms in total. The van der Waals surface area contributed by atoms with Crippen LogP contribution in [0.2, 0.25) is 0 Å². The predicted molar refractivity (Wildman–Crippen MR) is 73.9 cm³/mol. The molecule has 0 fully saturated rings. The fraction of sp³-hybridized carbons (Fsp3) is 0.615. The lowest BCUT2D eigenvalue weighted by molar-refractivity contribution is 0.652. The SMILES string of the molecule is Cc1nn(C)c(CC2=CC(N)CCCC2)c1Br. The Kier molecular flexibility index (Phi) is 4.05. The van der Waals surface area contributed by atoms with Crippen LogP contribution in [0.3, 0.4) is 0 Å². The molecule has 2 N–H and O–H groups in total. The van der Waals surface area contributed by atoms with Gasteiger partial charge >= 0.3 is 0 Å². The Labute approximate surface area is 111 Å². The molecule has 0 bridgehead atoms. The van der Waals surface area contributed by atoms with Crippen LogP contribution < -0.4 is 5.73 Å². The highest BCUT2D eigenvalue weighted by atomic mass is 79.9. The molecule has 0 saturated carbocycles. The zero-order chi connectivity index (χ0) is 12.4. The van der Waals surface area contributed by atoms with Crippen LogP contribution in [0.25, 0.3) is 0 Å². The second kappa shape index (κ2) is 5.36. The van der Waals surface area contributed by atoms with Gasteiger partial charge in [-0.1, -0.05) is 18.1 Å². The summed E-state index contributed by atoms with van der Waals surface area (Å²) < 4.78 is 3.11. The third-order valence-electron chi connectivity index (χ3n) is 3.39. The molecule has 2 rings (SSSR count). The molecule has 1 atom stereocenters. The van der Waals surface area contributed by atoms with Gasteiger partial charge in [0.25, 0.3) is 0 Å². The maximum absolute atomic E-state index is 6.05. The molecule has 0 radical (unpaired) electrons. The van der Waals surface area contributed by atoms with Crippen molar-refractivity contribution in [2.45, 2.75) is 45.1 Å². The lowest BCUT2D eigenvalue weighted by atomic mass is 10.0. The number of hydrogen-bond acceptors (Lipinski definition) is 2. The van der Waals surface area contributed by atoms with Gasteiger partial charge in [0.05, 0.1) is 15.9 Å². The quantitative estimate of drug-likeness (QED) is 0.853. The molecule has 4 heteroatoms. The van der Waals surface area contributed by atoms with Crippen molar-refractivity contribution in [3.8, 4) is 0 Å². The largest absolute Gasteiger partial charge is 0.324 e. The van der Waals surface area contributed by atoms with Crippen molar-refractivity contribution in [1.82, 2.24) is 9.78 Å². The number of aromatic nitrogens is 2. The second-order valence-corrected chi connectivity index (χ2v) is 5.67. The summed E-state index contributed by atoms with van der Waals surface area (Å²) in [6.07, 6.45) is 8.01. The highest BCUT2D eigenvalue weighted by molar-refractivity contribution is 9.10. The van der Waals surface area contributed by atoms with Gasteiger partial charge in [0.2, 0.25) is 0 Å². The third-order valence-corrected chi connectivity index (χ3v) is 4.42. The zero-order valence-corrected chi connectivity index (χ0v) is 12.1. The Morgan fingerprint density at radius 1 is 1.53 bits per heavy atom. The van der Waals surface area contributed by atoms with Crippen LogP contribution in [-0.4, -0.2) is 15.8 Å². The molecule has 1 unspecified atom stereocenters. The normalized spacial score (nSPS) is 21.2. The first-order valence-electron chi connectivity index (χ1n) is 6.21. The average molecular weight is 298 g/mol. The number of hydrogen-bond donors (Lipinski definition) is 1. The molecule has 0 aliphatic heterocycles. The summed E-state index contributed by atoms with van der Waals surface area (Å²) in [5.41, 5.74) is 9.82. The fourth-order valence-corrected chi connectivity index (χ4v) is 2.91. The van der Waals surface area contributed by atoms with Gasteiger partial charge < -0.3 is 5.73 Å². The summed E-state index contributed by atoms with van der Waals surface area (Å²) in [4.78, 5) is 0. The first-order valence-corrected chi connectivity index (χ1v) is 7.00. The topological polar surface area (TPSA) is 43.8 Å². The number of aryl methyl sites for hydroxylation is 2. The summed E-state index contributed by atoms with van der Waals surface area (Å²) in [5.74, 6) is 0. The molecule has 0 saturated heterocycles. The Bertz CT molecular complexity index is 434. The van der Waals surface area contributed by atoms with Crippen LogP contribution in [-0.2, 0) is 13.5 Å². The van der Waals surface area contributed by atoms with E-state index in [9.17, 15) is 0 Å². The van der Waals surface area contributed by atoms with Gasteiger partial charge in [0.15, 0.2) is 0 Å². The molecule has 0 aromatic carbocycles. The van der Waals surface area contributed by atoms with E-state index in [1.54, 1.807) is 0 Å². The van der Waals surface area contributed by atoms with Crippen LogP contribution in [0.15, 0.2) is 16.1 Å². The predicted octanol–water partition coefficient (Wildman–Crippen LogP) is 2.86. The van der Waals surface area contributed by atoms with Gasteiger partial charge in [0.1, 0.15) is 0 Å². The summed E-state index contributed by atoms with van der Waals surface area (Å²) in [6.45, 7) is 2.03. The van der Waals surface area contributed by atoms with Crippen LogP contribution in [0.4, 0.5) is 0 Å². The maximum atomic E-state index is 6.05. The van der Waals surface area contributed by atoms with E-state index in [1.807, 2.05) is 18.7 Å². The summed E-state index contributed by atoms with van der Waals surface area (Å²) in [6, 6.07) is 0.237. The highest BCUT2D eigenvalue weighted by Crippen LogP contribution is 2.26. The van der Waals surface area contributed by atoms with Crippen molar-refractivity contribution in [3.63, 3.8) is 0 Å². The lowest BCUT2D eigenvalue weighted by Gasteiger charge is -2.08. The van der Waals surface area contributed by atoms with Crippen LogP contribution in [0.1, 0.15) is 37.1 Å². The monoisotopic (exact) mass is 297 g/mol. The number of nitrogens with two attached hydrogens (primary N) is 1. The van der Waals surface area contributed by atoms with Crippen LogP contribution in [0.5, 0.6) is 0 Å². The molecule has 1 heterocycles. The van der Waals surface area contributed by atoms with E-state index in [-0.39, 0.29) is 6.04 Å². The van der Waals surface area contributed by atoms with E-state index in [0.29, 0.717) is 0 Å². The van der Waals surface area contributed by atoms with E-state index < -0.39 is 0 Å². The Balaban J connectivity index is 2.19. The molecule has 94 valence electrons. The zero-order valence-electron chi connectivity index (χ0n) is 10.5. The summed E-state index contributed by atoms with van der Waals surface area (Å²) >= 11 is 3.62. The Hall–Kier alpha value is -0.610. The highest BCUT2D eigenvalue weighted by Gasteiger charge is 2.14. The van der Waals surface area contributed by atoms with Crippen molar-refractivity contribution >= 4 is 15.9 Å². The molecule has 1 aliphatic rings. The summed E-state index contributed by atoms with van der Waals surface area (Å²) in [7, 11) is 2.00. The minimum absolute atomic E-state index is 0.237. The fourth-order valence-electron chi connectivity index (χ4n) is 2.44. The molecule has 1 aromatic heterocycles. The second-order valence-electron chi connectivity index (χ2n) is 4.88. The van der Waals surface area contributed by atoms with Gasteiger partial charge in [-0.05, 0) is 42.1 Å². The number of nitrogens with zero attached hydrogens (tertiary/aromatic N) is 2. The van der Waals surface area contributed by atoms with Crippen LogP contribution in [0, 0.1) is 6.92 Å². The van der Waals surface area contributed by atoms with Crippen molar-refractivity contribution in [3.05, 3.63) is 27.5 Å². The maximum Gasteiger partial charge on any atom is 0.0738 e. The van der Waals surface area contributed by atoms with Crippen LogP contribution >= 0.6 is 15.9 Å². The van der Waals surface area contributed by atoms with Crippen molar-refractivity contribution in [1.29, 1.82) is 0 Å². The lowest BCUT2D eigenvalue weighted by Crippen LogP contribution is -2.16. The van der Waals surface area contributed by atoms with Gasteiger partial charge in [-0.3, -0.25) is 4.68 Å². The molecular weight excluding hydrogens is 278 g/mol. The minimum atomic E-state index is 0.237. The van der Waals surface area contributed by atoms with Gasteiger partial charge in [-0.15, -0.1) is 0 Å². The molecule has 1 aromatic rings.